The summed E-state index contributed by atoms with van der Waals surface area (Å²) in [5, 5.41) is 3.23. The van der Waals surface area contributed by atoms with E-state index in [9.17, 15) is 0 Å². The number of halogens is 1. The molecule has 0 saturated carbocycles. The number of rotatable bonds is 4. The smallest absolute Gasteiger partial charge is 0.224 e. The van der Waals surface area contributed by atoms with Crippen LogP contribution in [0.1, 0.15) is 32.6 Å². The molecule has 4 nitrogen and oxygen atoms in total. The predicted molar refractivity (Wildman–Crippen MR) is 74.6 cm³/mol. The molecule has 0 amide bonds. The second-order valence-electron chi connectivity index (χ2n) is 4.34. The number of hydrogen-bond acceptors (Lipinski definition) is 4. The molecular weight excluding hydrogens is 280 g/mol. The first kappa shape index (κ1) is 12.6. The van der Waals surface area contributed by atoms with Gasteiger partial charge in [0.1, 0.15) is 5.82 Å². The lowest BCUT2D eigenvalue weighted by atomic mass is 10.1. The summed E-state index contributed by atoms with van der Waals surface area (Å²) in [6, 6.07) is 0. The highest BCUT2D eigenvalue weighted by molar-refractivity contribution is 9.10. The Morgan fingerprint density at radius 2 is 2.12 bits per heavy atom. The first-order valence-corrected chi connectivity index (χ1v) is 7.12. The Hall–Kier alpha value is -0.840. The molecule has 1 aliphatic heterocycles. The van der Waals surface area contributed by atoms with Crippen LogP contribution in [0.15, 0.2) is 10.7 Å². The fourth-order valence-electron chi connectivity index (χ4n) is 2.01. The van der Waals surface area contributed by atoms with Crippen molar-refractivity contribution in [1.82, 2.24) is 9.97 Å². The number of nitrogens with zero attached hydrogens (tertiary/aromatic N) is 3. The molecule has 1 aromatic heterocycles. The summed E-state index contributed by atoms with van der Waals surface area (Å²) in [4.78, 5) is 11.2. The van der Waals surface area contributed by atoms with Crippen LogP contribution in [0.2, 0.25) is 0 Å². The lowest BCUT2D eigenvalue weighted by molar-refractivity contribution is 0.572. The van der Waals surface area contributed by atoms with Gasteiger partial charge in [0.25, 0.3) is 0 Å². The second kappa shape index (κ2) is 6.19. The number of hydrogen-bond donors (Lipinski definition) is 1. The van der Waals surface area contributed by atoms with Crippen molar-refractivity contribution in [2.24, 2.45) is 0 Å². The summed E-state index contributed by atoms with van der Waals surface area (Å²) < 4.78 is 0.987. The van der Waals surface area contributed by atoms with Crippen molar-refractivity contribution in [2.75, 3.05) is 29.9 Å². The van der Waals surface area contributed by atoms with Gasteiger partial charge < -0.3 is 10.2 Å². The van der Waals surface area contributed by atoms with E-state index < -0.39 is 0 Å². The van der Waals surface area contributed by atoms with Gasteiger partial charge >= 0.3 is 0 Å². The highest BCUT2D eigenvalue weighted by Crippen LogP contribution is 2.26. The van der Waals surface area contributed by atoms with Gasteiger partial charge in [-0.05, 0) is 41.6 Å². The number of aromatic nitrogens is 2. The van der Waals surface area contributed by atoms with Crippen molar-refractivity contribution in [3.05, 3.63) is 10.7 Å². The zero-order valence-electron chi connectivity index (χ0n) is 10.2. The summed E-state index contributed by atoms with van der Waals surface area (Å²) in [6.07, 6.45) is 6.77. The first-order valence-electron chi connectivity index (χ1n) is 6.32. The van der Waals surface area contributed by atoms with Gasteiger partial charge in [-0.3, -0.25) is 0 Å². The molecule has 0 aromatic carbocycles. The third-order valence-electron chi connectivity index (χ3n) is 2.91. The van der Waals surface area contributed by atoms with Gasteiger partial charge in [-0.2, -0.15) is 4.98 Å². The van der Waals surface area contributed by atoms with Gasteiger partial charge in [0, 0.05) is 25.8 Å². The maximum atomic E-state index is 4.59. The topological polar surface area (TPSA) is 41.1 Å². The third kappa shape index (κ3) is 3.31. The van der Waals surface area contributed by atoms with Crippen LogP contribution in [0.4, 0.5) is 11.8 Å². The van der Waals surface area contributed by atoms with E-state index in [-0.39, 0.29) is 0 Å². The molecule has 1 saturated heterocycles. The lowest BCUT2D eigenvalue weighted by Gasteiger charge is -2.28. The van der Waals surface area contributed by atoms with Crippen molar-refractivity contribution in [1.29, 1.82) is 0 Å². The number of anilines is 2. The fourth-order valence-corrected chi connectivity index (χ4v) is 2.45. The van der Waals surface area contributed by atoms with Crippen molar-refractivity contribution < 1.29 is 0 Å². The highest BCUT2D eigenvalue weighted by Gasteiger charge is 2.15. The molecule has 1 aromatic rings. The number of piperidine rings is 1. The van der Waals surface area contributed by atoms with E-state index in [0.29, 0.717) is 0 Å². The first-order chi connectivity index (χ1) is 8.31. The van der Waals surface area contributed by atoms with Gasteiger partial charge in [-0.1, -0.05) is 6.92 Å². The molecule has 0 radical (unpaired) electrons. The van der Waals surface area contributed by atoms with E-state index in [1.165, 1.54) is 19.3 Å². The minimum absolute atomic E-state index is 0.732. The second-order valence-corrected chi connectivity index (χ2v) is 5.19. The largest absolute Gasteiger partial charge is 0.356 e. The molecule has 1 N–H and O–H groups in total. The summed E-state index contributed by atoms with van der Waals surface area (Å²) in [5.74, 6) is 1.76. The summed E-state index contributed by atoms with van der Waals surface area (Å²) in [6.45, 7) is 5.25. The molecular formula is C12H19BrN4. The molecule has 0 atom stereocenters. The Kier molecular flexibility index (Phi) is 4.59. The molecule has 5 heteroatoms. The highest BCUT2D eigenvalue weighted by atomic mass is 79.9. The van der Waals surface area contributed by atoms with Gasteiger partial charge in [-0.15, -0.1) is 0 Å². The molecule has 1 aliphatic rings. The molecule has 2 heterocycles. The van der Waals surface area contributed by atoms with Crippen LogP contribution in [-0.2, 0) is 0 Å². The van der Waals surface area contributed by atoms with Crippen LogP contribution >= 0.6 is 15.9 Å². The van der Waals surface area contributed by atoms with Crippen molar-refractivity contribution in [3.8, 4) is 0 Å². The maximum Gasteiger partial charge on any atom is 0.224 e. The van der Waals surface area contributed by atoms with Gasteiger partial charge in [-0.25, -0.2) is 4.98 Å². The standard InChI is InChI=1S/C12H19BrN4/c1-2-6-14-12-15-9-10(13)11(16-12)17-7-4-3-5-8-17/h9H,2-8H2,1H3,(H,14,15,16). The van der Waals surface area contributed by atoms with Crippen molar-refractivity contribution >= 4 is 27.7 Å². The van der Waals surface area contributed by atoms with Crippen LogP contribution in [-0.4, -0.2) is 29.6 Å². The summed E-state index contributed by atoms with van der Waals surface area (Å²) >= 11 is 3.54. The SMILES string of the molecule is CCCNc1ncc(Br)c(N2CCCCC2)n1. The van der Waals surface area contributed by atoms with Gasteiger partial charge in [0.2, 0.25) is 5.95 Å². The quantitative estimate of drug-likeness (QED) is 0.927. The maximum absolute atomic E-state index is 4.59. The Morgan fingerprint density at radius 3 is 2.82 bits per heavy atom. The molecule has 94 valence electrons. The third-order valence-corrected chi connectivity index (χ3v) is 3.47. The molecule has 17 heavy (non-hydrogen) atoms. The minimum Gasteiger partial charge on any atom is -0.356 e. The average Bonchev–Trinajstić information content (AvgIpc) is 2.39. The average molecular weight is 299 g/mol. The Labute approximate surface area is 111 Å². The molecule has 0 aliphatic carbocycles. The van der Waals surface area contributed by atoms with E-state index in [1.807, 2.05) is 6.20 Å². The monoisotopic (exact) mass is 298 g/mol. The fraction of sp³-hybridized carbons (Fsp3) is 0.667. The molecule has 0 spiro atoms. The zero-order valence-corrected chi connectivity index (χ0v) is 11.8. The predicted octanol–water partition coefficient (Wildman–Crippen LogP) is 3.05. The van der Waals surface area contributed by atoms with Crippen LogP contribution in [0.5, 0.6) is 0 Å². The Balaban J connectivity index is 2.13. The molecule has 1 fully saturated rings. The van der Waals surface area contributed by atoms with E-state index in [0.717, 1.165) is 42.3 Å². The van der Waals surface area contributed by atoms with Crippen LogP contribution in [0.25, 0.3) is 0 Å². The lowest BCUT2D eigenvalue weighted by Crippen LogP contribution is -2.30. The van der Waals surface area contributed by atoms with Gasteiger partial charge in [0.15, 0.2) is 0 Å². The Morgan fingerprint density at radius 1 is 1.35 bits per heavy atom. The van der Waals surface area contributed by atoms with Crippen LogP contribution in [0, 0.1) is 0 Å². The minimum atomic E-state index is 0.732. The number of nitrogens with one attached hydrogen (secondary N) is 1. The molecule has 0 unspecified atom stereocenters. The Bertz CT molecular complexity index is 364. The van der Waals surface area contributed by atoms with Crippen LogP contribution < -0.4 is 10.2 Å². The normalized spacial score (nSPS) is 16.0. The van der Waals surface area contributed by atoms with Crippen LogP contribution in [0.3, 0.4) is 0 Å². The summed E-state index contributed by atoms with van der Waals surface area (Å²) in [7, 11) is 0. The van der Waals surface area contributed by atoms with E-state index in [4.69, 9.17) is 0 Å². The van der Waals surface area contributed by atoms with E-state index in [2.05, 4.69) is 43.0 Å². The van der Waals surface area contributed by atoms with Crippen molar-refractivity contribution in [2.45, 2.75) is 32.6 Å². The molecule has 2 rings (SSSR count). The summed E-state index contributed by atoms with van der Waals surface area (Å²) in [5.41, 5.74) is 0. The van der Waals surface area contributed by atoms with E-state index in [1.54, 1.807) is 0 Å². The zero-order chi connectivity index (χ0) is 12.1. The van der Waals surface area contributed by atoms with E-state index >= 15 is 0 Å². The van der Waals surface area contributed by atoms with Crippen molar-refractivity contribution in [3.63, 3.8) is 0 Å². The van der Waals surface area contributed by atoms with Gasteiger partial charge in [0.05, 0.1) is 4.47 Å². The molecule has 0 bridgehead atoms.